The van der Waals surface area contributed by atoms with Crippen molar-refractivity contribution in [2.45, 2.75) is 50.7 Å². The molecule has 0 aromatic carbocycles. The molecule has 0 aliphatic carbocycles. The molecule has 0 bridgehead atoms. The van der Waals surface area contributed by atoms with Crippen LogP contribution in [0.3, 0.4) is 0 Å². The van der Waals surface area contributed by atoms with E-state index in [0.717, 1.165) is 6.07 Å². The van der Waals surface area contributed by atoms with Crippen LogP contribution in [0.2, 0.25) is 0 Å². The second-order valence-electron chi connectivity index (χ2n) is 4.91. The lowest BCUT2D eigenvalue weighted by atomic mass is 9.98. The van der Waals surface area contributed by atoms with E-state index in [-0.39, 0.29) is 17.1 Å². The Morgan fingerprint density at radius 1 is 1.33 bits per heavy atom. The van der Waals surface area contributed by atoms with Crippen molar-refractivity contribution in [2.24, 2.45) is 0 Å². The molecule has 1 rings (SSSR count). The summed E-state index contributed by atoms with van der Waals surface area (Å²) in [5.41, 5.74) is -1.19. The van der Waals surface area contributed by atoms with E-state index >= 15 is 0 Å². The zero-order valence-electron chi connectivity index (χ0n) is 12.5. The van der Waals surface area contributed by atoms with Crippen molar-refractivity contribution in [2.75, 3.05) is 6.54 Å². The van der Waals surface area contributed by atoms with Gasteiger partial charge in [0.2, 0.25) is 10.0 Å². The quantitative estimate of drug-likeness (QED) is 0.663. The van der Waals surface area contributed by atoms with E-state index in [4.69, 9.17) is 5.11 Å². The number of carboxylic acids is 1. The maximum absolute atomic E-state index is 12.2. The van der Waals surface area contributed by atoms with Crippen LogP contribution in [0.1, 0.15) is 44.1 Å². The number of aromatic carboxylic acids is 1. The van der Waals surface area contributed by atoms with Gasteiger partial charge in [0, 0.05) is 19.3 Å². The molecule has 1 heterocycles. The number of aliphatic hydroxyl groups is 1. The lowest BCUT2D eigenvalue weighted by Crippen LogP contribution is -2.41. The summed E-state index contributed by atoms with van der Waals surface area (Å²) in [5.74, 6) is -1.18. The molecule has 3 N–H and O–H groups in total. The third-order valence-corrected chi connectivity index (χ3v) is 5.02. The molecule has 21 heavy (non-hydrogen) atoms. The van der Waals surface area contributed by atoms with E-state index < -0.39 is 21.6 Å². The Bertz CT molecular complexity index is 602. The average molecular weight is 318 g/mol. The van der Waals surface area contributed by atoms with Crippen LogP contribution in [0.15, 0.2) is 17.2 Å². The van der Waals surface area contributed by atoms with Crippen LogP contribution in [-0.4, -0.2) is 41.3 Å². The second kappa shape index (κ2) is 6.59. The summed E-state index contributed by atoms with van der Waals surface area (Å²) in [6.07, 6.45) is 2.12. The number of nitrogens with one attached hydrogen (secondary N) is 1. The van der Waals surface area contributed by atoms with Gasteiger partial charge in [0.25, 0.3) is 0 Å². The van der Waals surface area contributed by atoms with Gasteiger partial charge in [-0.25, -0.2) is 17.9 Å². The first-order valence-corrected chi connectivity index (χ1v) is 8.33. The van der Waals surface area contributed by atoms with Crippen LogP contribution in [0.25, 0.3) is 0 Å². The summed E-state index contributed by atoms with van der Waals surface area (Å²) in [6, 6.07) is 1.12. The van der Waals surface area contributed by atoms with Crippen LogP contribution in [0.5, 0.6) is 0 Å². The van der Waals surface area contributed by atoms with Crippen LogP contribution in [-0.2, 0) is 16.6 Å². The fraction of sp³-hybridized carbons (Fsp3) is 0.615. The van der Waals surface area contributed by atoms with Crippen molar-refractivity contribution in [1.82, 2.24) is 9.29 Å². The molecule has 0 spiro atoms. The summed E-state index contributed by atoms with van der Waals surface area (Å²) in [7, 11) is -3.85. The van der Waals surface area contributed by atoms with Crippen molar-refractivity contribution in [1.29, 1.82) is 0 Å². The molecule has 0 aliphatic heterocycles. The highest BCUT2D eigenvalue weighted by Gasteiger charge is 2.27. The summed E-state index contributed by atoms with van der Waals surface area (Å²) in [5, 5.41) is 19.1. The van der Waals surface area contributed by atoms with Crippen LogP contribution in [0, 0.1) is 0 Å². The number of sulfonamides is 1. The fourth-order valence-electron chi connectivity index (χ4n) is 1.88. The molecule has 0 saturated carbocycles. The lowest BCUT2D eigenvalue weighted by Gasteiger charge is -2.25. The highest BCUT2D eigenvalue weighted by Crippen LogP contribution is 2.17. The van der Waals surface area contributed by atoms with E-state index in [0.29, 0.717) is 19.4 Å². The van der Waals surface area contributed by atoms with Crippen molar-refractivity contribution in [3.63, 3.8) is 0 Å². The van der Waals surface area contributed by atoms with E-state index in [9.17, 15) is 18.3 Å². The van der Waals surface area contributed by atoms with Gasteiger partial charge in [-0.2, -0.15) is 0 Å². The minimum absolute atomic E-state index is 0.0841. The zero-order valence-corrected chi connectivity index (χ0v) is 13.3. The Morgan fingerprint density at radius 3 is 2.29 bits per heavy atom. The molecule has 8 heteroatoms. The summed E-state index contributed by atoms with van der Waals surface area (Å²) in [6.45, 7) is 5.51. The predicted octanol–water partition coefficient (Wildman–Crippen LogP) is 1.04. The van der Waals surface area contributed by atoms with Crippen molar-refractivity contribution >= 4 is 16.0 Å². The number of carboxylic acid groups (broad SMARTS) is 1. The number of hydrogen-bond acceptors (Lipinski definition) is 4. The SMILES string of the molecule is CCn1cc(S(=O)(=O)NCC(O)(CC)CC)cc1C(=O)O. The highest BCUT2D eigenvalue weighted by atomic mass is 32.2. The van der Waals surface area contributed by atoms with Crippen LogP contribution >= 0.6 is 0 Å². The Morgan fingerprint density at radius 2 is 1.90 bits per heavy atom. The third-order valence-electron chi connectivity index (χ3n) is 3.65. The first-order valence-electron chi connectivity index (χ1n) is 6.84. The van der Waals surface area contributed by atoms with Gasteiger partial charge in [0.1, 0.15) is 10.6 Å². The van der Waals surface area contributed by atoms with Gasteiger partial charge in [-0.1, -0.05) is 13.8 Å². The van der Waals surface area contributed by atoms with Crippen molar-refractivity contribution in [3.05, 3.63) is 18.0 Å². The lowest BCUT2D eigenvalue weighted by molar-refractivity contribution is 0.0377. The zero-order chi connectivity index (χ0) is 16.3. The van der Waals surface area contributed by atoms with Gasteiger partial charge in [-0.15, -0.1) is 0 Å². The molecule has 0 saturated heterocycles. The molecule has 0 fully saturated rings. The van der Waals surface area contributed by atoms with E-state index in [1.807, 2.05) is 0 Å². The second-order valence-corrected chi connectivity index (χ2v) is 6.68. The van der Waals surface area contributed by atoms with E-state index in [1.165, 1.54) is 10.8 Å². The normalized spacial score (nSPS) is 12.6. The van der Waals surface area contributed by atoms with Gasteiger partial charge in [-0.3, -0.25) is 0 Å². The van der Waals surface area contributed by atoms with Gasteiger partial charge < -0.3 is 14.8 Å². The van der Waals surface area contributed by atoms with Gasteiger partial charge >= 0.3 is 5.97 Å². The molecule has 0 radical (unpaired) electrons. The highest BCUT2D eigenvalue weighted by molar-refractivity contribution is 7.89. The Hall–Kier alpha value is -1.38. The maximum atomic E-state index is 12.2. The number of aryl methyl sites for hydroxylation is 1. The minimum Gasteiger partial charge on any atom is -0.477 e. The molecular weight excluding hydrogens is 296 g/mol. The molecule has 1 aromatic rings. The van der Waals surface area contributed by atoms with Crippen LogP contribution < -0.4 is 4.72 Å². The largest absolute Gasteiger partial charge is 0.477 e. The van der Waals surface area contributed by atoms with Gasteiger partial charge in [-0.05, 0) is 25.8 Å². The number of hydrogen-bond donors (Lipinski definition) is 3. The maximum Gasteiger partial charge on any atom is 0.352 e. The molecule has 0 aliphatic rings. The number of carbonyl (C=O) groups is 1. The van der Waals surface area contributed by atoms with Crippen LogP contribution in [0.4, 0.5) is 0 Å². The van der Waals surface area contributed by atoms with E-state index in [1.54, 1.807) is 20.8 Å². The molecule has 1 aromatic heterocycles. The standard InChI is InChI=1S/C13H22N2O5S/c1-4-13(18,5-2)9-14-21(19,20)10-7-11(12(16)17)15(6-3)8-10/h7-8,14,18H,4-6,9H2,1-3H3,(H,16,17). The molecular formula is C13H22N2O5S. The van der Waals surface area contributed by atoms with E-state index in [2.05, 4.69) is 4.72 Å². The topological polar surface area (TPSA) is 109 Å². The molecule has 0 unspecified atom stereocenters. The first-order chi connectivity index (χ1) is 9.69. The molecule has 120 valence electrons. The fourth-order valence-corrected chi connectivity index (χ4v) is 3.04. The Kier molecular flexibility index (Phi) is 5.54. The summed E-state index contributed by atoms with van der Waals surface area (Å²) in [4.78, 5) is 10.9. The van der Waals surface area contributed by atoms with Gasteiger partial charge in [0.15, 0.2) is 0 Å². The third kappa shape index (κ3) is 4.05. The number of rotatable bonds is 8. The summed E-state index contributed by atoms with van der Waals surface area (Å²) >= 11 is 0. The molecule has 0 atom stereocenters. The van der Waals surface area contributed by atoms with Crippen molar-refractivity contribution < 1.29 is 23.4 Å². The van der Waals surface area contributed by atoms with Gasteiger partial charge in [0.05, 0.1) is 5.60 Å². The predicted molar refractivity (Wildman–Crippen MR) is 77.8 cm³/mol. The monoisotopic (exact) mass is 318 g/mol. The molecule has 0 amide bonds. The minimum atomic E-state index is -3.85. The average Bonchev–Trinajstić information content (AvgIpc) is 2.90. The Balaban J connectivity index is 3.01. The Labute approximate surface area is 124 Å². The molecule has 7 nitrogen and oxygen atoms in total. The first kappa shape index (κ1) is 17.7. The number of aromatic nitrogens is 1. The smallest absolute Gasteiger partial charge is 0.352 e. The number of nitrogens with zero attached hydrogens (tertiary/aromatic N) is 1. The summed E-state index contributed by atoms with van der Waals surface area (Å²) < 4.78 is 28.1. The van der Waals surface area contributed by atoms with Crippen molar-refractivity contribution in [3.8, 4) is 0 Å².